The van der Waals surface area contributed by atoms with Gasteiger partial charge in [0.25, 0.3) is 5.69 Å². The highest BCUT2D eigenvalue weighted by Crippen LogP contribution is 2.24. The predicted molar refractivity (Wildman–Crippen MR) is 115 cm³/mol. The number of hydrogen-bond acceptors (Lipinski definition) is 7. The Bertz CT molecular complexity index is 1120. The Morgan fingerprint density at radius 3 is 2.30 bits per heavy atom. The van der Waals surface area contributed by atoms with Crippen LogP contribution >= 0.6 is 11.3 Å². The molecular formula is C20H20N4O4S2. The molecule has 0 unspecified atom stereocenters. The molecular weight excluding hydrogens is 424 g/mol. The summed E-state index contributed by atoms with van der Waals surface area (Å²) in [7, 11) is -3.66. The van der Waals surface area contributed by atoms with E-state index in [2.05, 4.69) is 4.90 Å². The summed E-state index contributed by atoms with van der Waals surface area (Å²) in [4.78, 5) is 17.2. The monoisotopic (exact) mass is 444 g/mol. The van der Waals surface area contributed by atoms with Crippen LogP contribution in [-0.4, -0.2) is 53.7 Å². The van der Waals surface area contributed by atoms with Crippen molar-refractivity contribution in [2.45, 2.75) is 11.4 Å². The molecule has 1 saturated heterocycles. The molecule has 0 bridgehead atoms. The van der Waals surface area contributed by atoms with Gasteiger partial charge in [-0.3, -0.25) is 15.0 Å². The summed E-state index contributed by atoms with van der Waals surface area (Å²) in [5.74, 6) is 0. The van der Waals surface area contributed by atoms with E-state index in [-0.39, 0.29) is 10.6 Å². The van der Waals surface area contributed by atoms with Crippen molar-refractivity contribution in [3.05, 3.63) is 75.1 Å². The van der Waals surface area contributed by atoms with Crippen LogP contribution in [0.15, 0.2) is 64.9 Å². The number of nitro groups is 1. The van der Waals surface area contributed by atoms with Gasteiger partial charge in [0.15, 0.2) is 0 Å². The van der Waals surface area contributed by atoms with Gasteiger partial charge >= 0.3 is 0 Å². The Morgan fingerprint density at radius 1 is 1.00 bits per heavy atom. The van der Waals surface area contributed by atoms with Gasteiger partial charge in [-0.05, 0) is 12.1 Å². The van der Waals surface area contributed by atoms with Gasteiger partial charge in [0.05, 0.1) is 22.1 Å². The number of non-ortho nitro benzene ring substituents is 1. The molecule has 0 aliphatic carbocycles. The van der Waals surface area contributed by atoms with Gasteiger partial charge in [0.1, 0.15) is 5.01 Å². The standard InChI is InChI=1S/C20H20N4O4S2/c25-24(26)17-6-8-18(9-7-17)30(27,28)23-12-10-22(11-13-23)14-20-21-19(15-29-20)16-4-2-1-3-5-16/h1-9,15H,10-14H2. The zero-order valence-corrected chi connectivity index (χ0v) is 17.7. The van der Waals surface area contributed by atoms with Crippen molar-refractivity contribution in [2.24, 2.45) is 0 Å². The molecule has 0 N–H and O–H groups in total. The second-order valence-electron chi connectivity index (χ2n) is 6.92. The minimum Gasteiger partial charge on any atom is -0.294 e. The first-order valence-electron chi connectivity index (χ1n) is 9.40. The van der Waals surface area contributed by atoms with E-state index in [1.165, 1.54) is 28.6 Å². The second-order valence-corrected chi connectivity index (χ2v) is 9.80. The van der Waals surface area contributed by atoms with Crippen molar-refractivity contribution in [2.75, 3.05) is 26.2 Å². The SMILES string of the molecule is O=[N+]([O-])c1ccc(S(=O)(=O)N2CCN(Cc3nc(-c4ccccc4)cs3)CC2)cc1. The fraction of sp³-hybridized carbons (Fsp3) is 0.250. The molecule has 1 fully saturated rings. The first kappa shape index (κ1) is 20.6. The number of nitro benzene ring substituents is 1. The Balaban J connectivity index is 1.37. The lowest BCUT2D eigenvalue weighted by Crippen LogP contribution is -2.48. The van der Waals surface area contributed by atoms with Gasteiger partial charge in [-0.2, -0.15) is 4.31 Å². The number of hydrogen-bond donors (Lipinski definition) is 0. The highest BCUT2D eigenvalue weighted by Gasteiger charge is 2.29. The zero-order chi connectivity index (χ0) is 21.1. The molecule has 0 amide bonds. The van der Waals surface area contributed by atoms with E-state index in [0.29, 0.717) is 32.7 Å². The van der Waals surface area contributed by atoms with E-state index in [4.69, 9.17) is 4.98 Å². The lowest BCUT2D eigenvalue weighted by molar-refractivity contribution is -0.384. The van der Waals surface area contributed by atoms with Crippen LogP contribution in [0.4, 0.5) is 5.69 Å². The third kappa shape index (κ3) is 4.41. The minimum absolute atomic E-state index is 0.0778. The summed E-state index contributed by atoms with van der Waals surface area (Å²) in [6, 6.07) is 15.0. The van der Waals surface area contributed by atoms with Crippen molar-refractivity contribution in [1.29, 1.82) is 0 Å². The topological polar surface area (TPSA) is 96.6 Å². The molecule has 0 atom stereocenters. The number of rotatable bonds is 6. The van der Waals surface area contributed by atoms with Gasteiger partial charge in [0, 0.05) is 49.3 Å². The Hall–Kier alpha value is -2.66. The average molecular weight is 445 g/mol. The van der Waals surface area contributed by atoms with Gasteiger partial charge in [-0.15, -0.1) is 11.3 Å². The van der Waals surface area contributed by atoms with Crippen LogP contribution in [0, 0.1) is 10.1 Å². The highest BCUT2D eigenvalue weighted by atomic mass is 32.2. The molecule has 2 aromatic carbocycles. The van der Waals surface area contributed by atoms with Gasteiger partial charge in [-0.1, -0.05) is 30.3 Å². The van der Waals surface area contributed by atoms with E-state index in [9.17, 15) is 18.5 Å². The third-order valence-electron chi connectivity index (χ3n) is 5.00. The van der Waals surface area contributed by atoms with Crippen molar-refractivity contribution in [1.82, 2.24) is 14.2 Å². The number of aromatic nitrogens is 1. The second kappa shape index (κ2) is 8.60. The van der Waals surface area contributed by atoms with Crippen LogP contribution in [0.25, 0.3) is 11.3 Å². The Kier molecular flexibility index (Phi) is 5.91. The van der Waals surface area contributed by atoms with Crippen molar-refractivity contribution >= 4 is 27.0 Å². The van der Waals surface area contributed by atoms with E-state index in [1.807, 2.05) is 35.7 Å². The fourth-order valence-corrected chi connectivity index (χ4v) is 5.60. The van der Waals surface area contributed by atoms with Crippen molar-refractivity contribution in [3.8, 4) is 11.3 Å². The molecule has 8 nitrogen and oxygen atoms in total. The lowest BCUT2D eigenvalue weighted by Gasteiger charge is -2.33. The number of thiazole rings is 1. The van der Waals surface area contributed by atoms with E-state index >= 15 is 0 Å². The maximum absolute atomic E-state index is 12.8. The maximum atomic E-state index is 12.8. The number of sulfonamides is 1. The van der Waals surface area contributed by atoms with Crippen molar-refractivity contribution < 1.29 is 13.3 Å². The van der Waals surface area contributed by atoms with E-state index in [0.717, 1.165) is 16.3 Å². The number of nitrogens with zero attached hydrogens (tertiary/aromatic N) is 4. The van der Waals surface area contributed by atoms with Crippen LogP contribution in [0.3, 0.4) is 0 Å². The summed E-state index contributed by atoms with van der Waals surface area (Å²) >= 11 is 1.61. The van der Waals surface area contributed by atoms with Crippen LogP contribution in [0.2, 0.25) is 0 Å². The minimum atomic E-state index is -3.66. The molecule has 156 valence electrons. The molecule has 1 aromatic heterocycles. The van der Waals surface area contributed by atoms with Crippen LogP contribution in [0.1, 0.15) is 5.01 Å². The summed E-state index contributed by atoms with van der Waals surface area (Å²) in [6.45, 7) is 2.63. The van der Waals surface area contributed by atoms with E-state index in [1.54, 1.807) is 11.3 Å². The van der Waals surface area contributed by atoms with Gasteiger partial charge < -0.3 is 0 Å². The molecule has 0 saturated carbocycles. The van der Waals surface area contributed by atoms with Crippen LogP contribution < -0.4 is 0 Å². The summed E-state index contributed by atoms with van der Waals surface area (Å²) in [5.41, 5.74) is 1.91. The fourth-order valence-electron chi connectivity index (χ4n) is 3.33. The summed E-state index contributed by atoms with van der Waals surface area (Å²) in [5, 5.41) is 13.8. The highest BCUT2D eigenvalue weighted by molar-refractivity contribution is 7.89. The Morgan fingerprint density at radius 2 is 1.67 bits per heavy atom. The quantitative estimate of drug-likeness (QED) is 0.428. The average Bonchev–Trinajstić information content (AvgIpc) is 3.23. The first-order chi connectivity index (χ1) is 14.4. The molecule has 10 heteroatoms. The Labute approximate surface area is 178 Å². The van der Waals surface area contributed by atoms with Crippen LogP contribution in [0.5, 0.6) is 0 Å². The molecule has 2 heterocycles. The molecule has 1 aliphatic rings. The zero-order valence-electron chi connectivity index (χ0n) is 16.0. The van der Waals surface area contributed by atoms with Crippen LogP contribution in [-0.2, 0) is 16.6 Å². The molecule has 0 spiro atoms. The van der Waals surface area contributed by atoms with Gasteiger partial charge in [0.2, 0.25) is 10.0 Å². The molecule has 30 heavy (non-hydrogen) atoms. The largest absolute Gasteiger partial charge is 0.294 e. The normalized spacial score (nSPS) is 15.9. The maximum Gasteiger partial charge on any atom is 0.269 e. The molecule has 0 radical (unpaired) electrons. The summed E-state index contributed by atoms with van der Waals surface area (Å²) in [6.07, 6.45) is 0. The molecule has 1 aliphatic heterocycles. The molecule has 3 aromatic rings. The van der Waals surface area contributed by atoms with Gasteiger partial charge in [-0.25, -0.2) is 13.4 Å². The first-order valence-corrected chi connectivity index (χ1v) is 11.7. The third-order valence-corrected chi connectivity index (χ3v) is 7.74. The smallest absolute Gasteiger partial charge is 0.269 e. The molecule has 4 rings (SSSR count). The lowest BCUT2D eigenvalue weighted by atomic mass is 10.2. The van der Waals surface area contributed by atoms with E-state index < -0.39 is 14.9 Å². The summed E-state index contributed by atoms with van der Waals surface area (Å²) < 4.78 is 27.1. The number of benzene rings is 2. The predicted octanol–water partition coefficient (Wildman–Crippen LogP) is 3.22. The number of piperazine rings is 1. The van der Waals surface area contributed by atoms with Crippen molar-refractivity contribution in [3.63, 3.8) is 0 Å².